The van der Waals surface area contributed by atoms with Crippen LogP contribution in [0.15, 0.2) is 0 Å². The number of rotatable bonds is 6. The van der Waals surface area contributed by atoms with Crippen molar-refractivity contribution in [3.63, 3.8) is 0 Å². The lowest BCUT2D eigenvalue weighted by Crippen LogP contribution is -2.24. The zero-order valence-electron chi connectivity index (χ0n) is 10.3. The van der Waals surface area contributed by atoms with Crippen LogP contribution >= 0.6 is 11.8 Å². The molecular weight excluding hydrogens is 228 g/mol. The van der Waals surface area contributed by atoms with Crippen LogP contribution in [0.4, 0.5) is 0 Å². The standard InChI is InChI=1S/C11H20O4S/c1-8(10(13)14)7-16-6-5-9(12)15-11(2,3)4/h8H,5-7H2,1-4H3,(H,13,14)/t8-/m0/s1. The smallest absolute Gasteiger partial charge is 0.307 e. The number of carbonyl (C=O) groups is 2. The van der Waals surface area contributed by atoms with Gasteiger partial charge in [-0.3, -0.25) is 9.59 Å². The highest BCUT2D eigenvalue weighted by Gasteiger charge is 2.16. The van der Waals surface area contributed by atoms with Crippen molar-refractivity contribution in [2.45, 2.75) is 39.7 Å². The summed E-state index contributed by atoms with van der Waals surface area (Å²) in [6.07, 6.45) is 0.328. The molecule has 0 bridgehead atoms. The molecule has 0 spiro atoms. The number of aliphatic carboxylic acids is 1. The number of hydrogen-bond acceptors (Lipinski definition) is 4. The number of carboxylic acids is 1. The Hall–Kier alpha value is -0.710. The normalized spacial score (nSPS) is 13.2. The molecule has 0 radical (unpaired) electrons. The monoisotopic (exact) mass is 248 g/mol. The van der Waals surface area contributed by atoms with E-state index in [4.69, 9.17) is 9.84 Å². The zero-order chi connectivity index (χ0) is 12.8. The third-order valence-corrected chi connectivity index (χ3v) is 2.89. The minimum atomic E-state index is -0.801. The van der Waals surface area contributed by atoms with E-state index in [1.165, 1.54) is 11.8 Å². The molecule has 94 valence electrons. The van der Waals surface area contributed by atoms with Gasteiger partial charge in [-0.2, -0.15) is 11.8 Å². The molecule has 5 heteroatoms. The van der Waals surface area contributed by atoms with Crippen molar-refractivity contribution < 1.29 is 19.4 Å². The maximum Gasteiger partial charge on any atom is 0.307 e. The molecule has 0 saturated heterocycles. The molecule has 0 aromatic heterocycles. The highest BCUT2D eigenvalue weighted by Crippen LogP contribution is 2.12. The van der Waals surface area contributed by atoms with E-state index in [1.807, 2.05) is 20.8 Å². The summed E-state index contributed by atoms with van der Waals surface area (Å²) in [6, 6.07) is 0. The summed E-state index contributed by atoms with van der Waals surface area (Å²) in [4.78, 5) is 21.8. The van der Waals surface area contributed by atoms with Crippen molar-refractivity contribution in [2.24, 2.45) is 5.92 Å². The van der Waals surface area contributed by atoms with E-state index < -0.39 is 11.6 Å². The Kier molecular flexibility index (Phi) is 6.48. The highest BCUT2D eigenvalue weighted by molar-refractivity contribution is 7.99. The van der Waals surface area contributed by atoms with E-state index in [9.17, 15) is 9.59 Å². The average molecular weight is 248 g/mol. The largest absolute Gasteiger partial charge is 0.481 e. The van der Waals surface area contributed by atoms with Crippen molar-refractivity contribution in [1.29, 1.82) is 0 Å². The number of ether oxygens (including phenoxy) is 1. The van der Waals surface area contributed by atoms with Gasteiger partial charge in [0, 0.05) is 11.5 Å². The Bertz CT molecular complexity index is 245. The Morgan fingerprint density at radius 1 is 1.38 bits per heavy atom. The SMILES string of the molecule is C[C@@H](CSCCC(=O)OC(C)(C)C)C(=O)O. The van der Waals surface area contributed by atoms with E-state index in [0.29, 0.717) is 17.9 Å². The van der Waals surface area contributed by atoms with Crippen LogP contribution in [0.1, 0.15) is 34.1 Å². The topological polar surface area (TPSA) is 63.6 Å². The molecule has 4 nitrogen and oxygen atoms in total. The summed E-state index contributed by atoms with van der Waals surface area (Å²) in [5.74, 6) is -0.276. The number of carbonyl (C=O) groups excluding carboxylic acids is 1. The van der Waals surface area contributed by atoms with E-state index >= 15 is 0 Å². The predicted octanol–water partition coefficient (Wildman–Crippen LogP) is 2.17. The van der Waals surface area contributed by atoms with E-state index in [-0.39, 0.29) is 11.9 Å². The van der Waals surface area contributed by atoms with Crippen molar-refractivity contribution >= 4 is 23.7 Å². The molecule has 0 heterocycles. The van der Waals surface area contributed by atoms with Gasteiger partial charge >= 0.3 is 11.9 Å². The van der Waals surface area contributed by atoms with Crippen molar-refractivity contribution in [3.05, 3.63) is 0 Å². The lowest BCUT2D eigenvalue weighted by molar-refractivity contribution is -0.154. The molecule has 0 fully saturated rings. The van der Waals surface area contributed by atoms with Gasteiger partial charge in [-0.15, -0.1) is 0 Å². The second-order valence-electron chi connectivity index (χ2n) is 4.65. The molecule has 0 unspecified atom stereocenters. The van der Waals surface area contributed by atoms with Gasteiger partial charge in [0.1, 0.15) is 5.60 Å². The maximum absolute atomic E-state index is 11.3. The van der Waals surface area contributed by atoms with Gasteiger partial charge < -0.3 is 9.84 Å². The molecule has 0 aliphatic rings. The van der Waals surface area contributed by atoms with Crippen LogP contribution in [0.5, 0.6) is 0 Å². The summed E-state index contributed by atoms with van der Waals surface area (Å²) < 4.78 is 5.12. The highest BCUT2D eigenvalue weighted by atomic mass is 32.2. The number of thioether (sulfide) groups is 1. The molecule has 1 N–H and O–H groups in total. The molecule has 0 aliphatic carbocycles. The minimum Gasteiger partial charge on any atom is -0.481 e. The van der Waals surface area contributed by atoms with Crippen LogP contribution in [0.3, 0.4) is 0 Å². The van der Waals surface area contributed by atoms with Gasteiger partial charge in [-0.05, 0) is 20.8 Å². The Balaban J connectivity index is 3.60. The van der Waals surface area contributed by atoms with Crippen molar-refractivity contribution in [1.82, 2.24) is 0 Å². The van der Waals surface area contributed by atoms with Crippen molar-refractivity contribution in [3.8, 4) is 0 Å². The lowest BCUT2D eigenvalue weighted by Gasteiger charge is -2.19. The first kappa shape index (κ1) is 15.3. The number of hydrogen-bond donors (Lipinski definition) is 1. The minimum absolute atomic E-state index is 0.233. The first-order valence-electron chi connectivity index (χ1n) is 5.25. The second kappa shape index (κ2) is 6.78. The number of esters is 1. The predicted molar refractivity (Wildman–Crippen MR) is 64.6 cm³/mol. The molecule has 0 aromatic rings. The third kappa shape index (κ3) is 8.59. The maximum atomic E-state index is 11.3. The summed E-state index contributed by atoms with van der Waals surface area (Å²) in [7, 11) is 0. The first-order chi connectivity index (χ1) is 7.22. The third-order valence-electron chi connectivity index (χ3n) is 1.66. The fraction of sp³-hybridized carbons (Fsp3) is 0.818. The van der Waals surface area contributed by atoms with E-state index in [0.717, 1.165) is 0 Å². The lowest BCUT2D eigenvalue weighted by atomic mass is 10.2. The molecule has 1 atom stereocenters. The van der Waals surface area contributed by atoms with Crippen LogP contribution in [-0.2, 0) is 14.3 Å². The van der Waals surface area contributed by atoms with E-state index in [1.54, 1.807) is 6.92 Å². The quantitative estimate of drug-likeness (QED) is 0.576. The fourth-order valence-corrected chi connectivity index (χ4v) is 1.85. The summed E-state index contributed by atoms with van der Waals surface area (Å²) >= 11 is 1.46. The van der Waals surface area contributed by atoms with Gasteiger partial charge in [-0.25, -0.2) is 0 Å². The van der Waals surface area contributed by atoms with Crippen LogP contribution in [0, 0.1) is 5.92 Å². The Labute approximate surface area is 101 Å². The molecule has 0 saturated carbocycles. The molecule has 0 rings (SSSR count). The van der Waals surface area contributed by atoms with Crippen LogP contribution in [0.25, 0.3) is 0 Å². The molecular formula is C11H20O4S. The fourth-order valence-electron chi connectivity index (χ4n) is 0.879. The van der Waals surface area contributed by atoms with Crippen LogP contribution in [0.2, 0.25) is 0 Å². The zero-order valence-corrected chi connectivity index (χ0v) is 11.1. The second-order valence-corrected chi connectivity index (χ2v) is 5.80. The van der Waals surface area contributed by atoms with Crippen LogP contribution in [-0.4, -0.2) is 34.2 Å². The van der Waals surface area contributed by atoms with Gasteiger partial charge in [0.15, 0.2) is 0 Å². The summed E-state index contributed by atoms with van der Waals surface area (Å²) in [5.41, 5.74) is -0.448. The van der Waals surface area contributed by atoms with Crippen molar-refractivity contribution in [2.75, 3.05) is 11.5 Å². The van der Waals surface area contributed by atoms with E-state index in [2.05, 4.69) is 0 Å². The molecule has 0 aromatic carbocycles. The van der Waals surface area contributed by atoms with Gasteiger partial charge in [-0.1, -0.05) is 6.92 Å². The first-order valence-corrected chi connectivity index (χ1v) is 6.40. The summed E-state index contributed by atoms with van der Waals surface area (Å²) in [6.45, 7) is 7.13. The average Bonchev–Trinajstić information content (AvgIpc) is 2.08. The van der Waals surface area contributed by atoms with Gasteiger partial charge in [0.05, 0.1) is 12.3 Å². The summed E-state index contributed by atoms with van der Waals surface area (Å²) in [5, 5.41) is 8.64. The number of carboxylic acid groups (broad SMARTS) is 1. The van der Waals surface area contributed by atoms with Gasteiger partial charge in [0.2, 0.25) is 0 Å². The van der Waals surface area contributed by atoms with Crippen LogP contribution < -0.4 is 0 Å². The molecule has 16 heavy (non-hydrogen) atoms. The Morgan fingerprint density at radius 2 is 1.94 bits per heavy atom. The Morgan fingerprint density at radius 3 is 2.38 bits per heavy atom. The molecule has 0 aliphatic heterocycles. The molecule has 0 amide bonds. The van der Waals surface area contributed by atoms with Gasteiger partial charge in [0.25, 0.3) is 0 Å².